The van der Waals surface area contributed by atoms with E-state index in [1.54, 1.807) is 0 Å². The summed E-state index contributed by atoms with van der Waals surface area (Å²) in [6, 6.07) is 2.95. The lowest BCUT2D eigenvalue weighted by Crippen LogP contribution is -2.37. The van der Waals surface area contributed by atoms with Crippen LogP contribution in [-0.4, -0.2) is 35.1 Å². The van der Waals surface area contributed by atoms with E-state index < -0.39 is 11.4 Å². The van der Waals surface area contributed by atoms with Crippen LogP contribution in [0.15, 0.2) is 18.3 Å². The van der Waals surface area contributed by atoms with Gasteiger partial charge in [-0.25, -0.2) is 9.78 Å². The van der Waals surface area contributed by atoms with E-state index >= 15 is 0 Å². The number of carboxylic acids is 1. The van der Waals surface area contributed by atoms with Gasteiger partial charge in [0.15, 0.2) is 0 Å². The molecule has 1 aromatic heterocycles. The minimum atomic E-state index is -0.990. The van der Waals surface area contributed by atoms with Crippen molar-refractivity contribution in [2.24, 2.45) is 11.1 Å². The Bertz CT molecular complexity index is 503. The largest absolute Gasteiger partial charge is 0.478 e. The number of amides is 1. The molecule has 6 heteroatoms. The van der Waals surface area contributed by atoms with E-state index in [2.05, 4.69) is 4.98 Å². The van der Waals surface area contributed by atoms with E-state index in [1.807, 2.05) is 11.8 Å². The second-order valence-corrected chi connectivity index (χ2v) is 4.80. The van der Waals surface area contributed by atoms with Gasteiger partial charge in [0.25, 0.3) is 0 Å². The van der Waals surface area contributed by atoms with Gasteiger partial charge in [-0.05, 0) is 25.5 Å². The molecule has 0 aliphatic carbocycles. The van der Waals surface area contributed by atoms with Crippen LogP contribution in [0.1, 0.15) is 23.7 Å². The van der Waals surface area contributed by atoms with E-state index in [1.165, 1.54) is 18.3 Å². The number of nitrogens with zero attached hydrogens (tertiary/aromatic N) is 2. The van der Waals surface area contributed by atoms with Crippen LogP contribution in [0.25, 0.3) is 0 Å². The Kier molecular flexibility index (Phi) is 2.94. The summed E-state index contributed by atoms with van der Waals surface area (Å²) in [7, 11) is 0. The molecular formula is C12H15N3O3. The molecule has 3 N–H and O–H groups in total. The summed E-state index contributed by atoms with van der Waals surface area (Å²) in [5.41, 5.74) is 4.99. The maximum absolute atomic E-state index is 11.4. The predicted octanol–water partition coefficient (Wildman–Crippen LogP) is 0.481. The van der Waals surface area contributed by atoms with Crippen molar-refractivity contribution >= 4 is 17.7 Å². The zero-order valence-electron chi connectivity index (χ0n) is 10.1. The van der Waals surface area contributed by atoms with Crippen LogP contribution in [0.5, 0.6) is 0 Å². The Morgan fingerprint density at radius 1 is 1.56 bits per heavy atom. The van der Waals surface area contributed by atoms with Crippen molar-refractivity contribution in [3.63, 3.8) is 0 Å². The Morgan fingerprint density at radius 3 is 2.83 bits per heavy atom. The third kappa shape index (κ3) is 2.13. The van der Waals surface area contributed by atoms with Gasteiger partial charge in [0.2, 0.25) is 5.91 Å². The number of aromatic carboxylic acids is 1. The van der Waals surface area contributed by atoms with Gasteiger partial charge in [-0.2, -0.15) is 0 Å². The molecule has 6 nitrogen and oxygen atoms in total. The zero-order valence-corrected chi connectivity index (χ0v) is 10.1. The number of hydrogen-bond donors (Lipinski definition) is 2. The summed E-state index contributed by atoms with van der Waals surface area (Å²) in [5.74, 6) is -0.755. The third-order valence-corrected chi connectivity index (χ3v) is 3.38. The quantitative estimate of drug-likeness (QED) is 0.812. The van der Waals surface area contributed by atoms with Gasteiger partial charge in [0, 0.05) is 19.3 Å². The molecule has 0 bridgehead atoms. The second kappa shape index (κ2) is 4.29. The number of rotatable bonds is 3. The van der Waals surface area contributed by atoms with E-state index in [-0.39, 0.29) is 11.5 Å². The average molecular weight is 249 g/mol. The first-order valence-electron chi connectivity index (χ1n) is 5.66. The number of hydrogen-bond acceptors (Lipinski definition) is 4. The van der Waals surface area contributed by atoms with Crippen LogP contribution in [0, 0.1) is 5.41 Å². The van der Waals surface area contributed by atoms with Crippen molar-refractivity contribution in [2.45, 2.75) is 13.3 Å². The van der Waals surface area contributed by atoms with Crippen molar-refractivity contribution in [1.82, 2.24) is 4.98 Å². The normalized spacial score (nSPS) is 23.1. The fourth-order valence-electron chi connectivity index (χ4n) is 2.08. The van der Waals surface area contributed by atoms with Crippen LogP contribution in [0.4, 0.5) is 5.82 Å². The minimum absolute atomic E-state index is 0.188. The molecule has 2 heterocycles. The fourth-order valence-corrected chi connectivity index (χ4v) is 2.08. The van der Waals surface area contributed by atoms with Gasteiger partial charge in [0.05, 0.1) is 11.0 Å². The van der Waals surface area contributed by atoms with E-state index in [4.69, 9.17) is 10.8 Å². The summed E-state index contributed by atoms with van der Waals surface area (Å²) in [5, 5.41) is 8.92. The molecule has 1 fully saturated rings. The zero-order chi connectivity index (χ0) is 13.3. The highest BCUT2D eigenvalue weighted by Gasteiger charge is 2.39. The predicted molar refractivity (Wildman–Crippen MR) is 65.3 cm³/mol. The third-order valence-electron chi connectivity index (χ3n) is 3.38. The number of nitrogens with two attached hydrogens (primary N) is 1. The summed E-state index contributed by atoms with van der Waals surface area (Å²) in [6.07, 6.45) is 2.11. The lowest BCUT2D eigenvalue weighted by molar-refractivity contribution is -0.125. The molecule has 2 rings (SSSR count). The number of carbonyl (C=O) groups is 2. The molecule has 0 aromatic carbocycles. The first kappa shape index (κ1) is 12.3. The topological polar surface area (TPSA) is 96.5 Å². The number of primary amides is 1. The van der Waals surface area contributed by atoms with E-state index in [0.717, 1.165) is 0 Å². The van der Waals surface area contributed by atoms with Gasteiger partial charge < -0.3 is 15.7 Å². The van der Waals surface area contributed by atoms with Gasteiger partial charge >= 0.3 is 5.97 Å². The van der Waals surface area contributed by atoms with Crippen LogP contribution in [-0.2, 0) is 4.79 Å². The SMILES string of the molecule is CC1(C(N)=O)CCN(c2cc(C(=O)O)ccn2)C1. The summed E-state index contributed by atoms with van der Waals surface area (Å²) in [6.45, 7) is 2.93. The van der Waals surface area contributed by atoms with Crippen LogP contribution < -0.4 is 10.6 Å². The summed E-state index contributed by atoms with van der Waals surface area (Å²) >= 11 is 0. The smallest absolute Gasteiger partial charge is 0.335 e. The maximum atomic E-state index is 11.4. The van der Waals surface area contributed by atoms with Gasteiger partial charge in [-0.3, -0.25) is 4.79 Å². The van der Waals surface area contributed by atoms with E-state index in [9.17, 15) is 9.59 Å². The Labute approximate surface area is 104 Å². The second-order valence-electron chi connectivity index (χ2n) is 4.80. The number of carboxylic acid groups (broad SMARTS) is 1. The lowest BCUT2D eigenvalue weighted by atomic mass is 9.89. The van der Waals surface area contributed by atoms with Crippen molar-refractivity contribution in [3.8, 4) is 0 Å². The highest BCUT2D eigenvalue weighted by atomic mass is 16.4. The monoisotopic (exact) mass is 249 g/mol. The summed E-state index contributed by atoms with van der Waals surface area (Å²) < 4.78 is 0. The molecule has 96 valence electrons. The highest BCUT2D eigenvalue weighted by molar-refractivity contribution is 5.88. The molecule has 18 heavy (non-hydrogen) atoms. The van der Waals surface area contributed by atoms with Crippen molar-refractivity contribution in [1.29, 1.82) is 0 Å². The van der Waals surface area contributed by atoms with Crippen molar-refractivity contribution in [2.75, 3.05) is 18.0 Å². The van der Waals surface area contributed by atoms with Crippen LogP contribution >= 0.6 is 0 Å². The van der Waals surface area contributed by atoms with Crippen molar-refractivity contribution in [3.05, 3.63) is 23.9 Å². The molecule has 1 aromatic rings. The molecular weight excluding hydrogens is 234 g/mol. The molecule has 1 atom stereocenters. The Hall–Kier alpha value is -2.11. The first-order valence-corrected chi connectivity index (χ1v) is 5.66. The molecule has 1 saturated heterocycles. The number of anilines is 1. The number of aromatic nitrogens is 1. The molecule has 0 spiro atoms. The molecule has 0 saturated carbocycles. The van der Waals surface area contributed by atoms with Gasteiger partial charge in [-0.1, -0.05) is 0 Å². The standard InChI is InChI=1S/C12H15N3O3/c1-12(11(13)18)3-5-15(7-12)9-6-8(10(16)17)2-4-14-9/h2,4,6H,3,5,7H2,1H3,(H2,13,18)(H,16,17). The van der Waals surface area contributed by atoms with Gasteiger partial charge in [0.1, 0.15) is 5.82 Å². The van der Waals surface area contributed by atoms with Crippen molar-refractivity contribution < 1.29 is 14.7 Å². The fraction of sp³-hybridized carbons (Fsp3) is 0.417. The first-order chi connectivity index (χ1) is 8.42. The average Bonchev–Trinajstić information content (AvgIpc) is 2.73. The highest BCUT2D eigenvalue weighted by Crippen LogP contribution is 2.32. The van der Waals surface area contributed by atoms with Crippen LogP contribution in [0.3, 0.4) is 0 Å². The molecule has 0 radical (unpaired) electrons. The molecule has 1 amide bonds. The van der Waals surface area contributed by atoms with Gasteiger partial charge in [-0.15, -0.1) is 0 Å². The number of carbonyl (C=O) groups excluding carboxylic acids is 1. The number of pyridine rings is 1. The lowest BCUT2D eigenvalue weighted by Gasteiger charge is -2.21. The molecule has 1 aliphatic heterocycles. The minimum Gasteiger partial charge on any atom is -0.478 e. The van der Waals surface area contributed by atoms with E-state index in [0.29, 0.717) is 25.3 Å². The molecule has 1 unspecified atom stereocenters. The Balaban J connectivity index is 2.22. The summed E-state index contributed by atoms with van der Waals surface area (Å²) in [4.78, 5) is 28.3. The van der Waals surface area contributed by atoms with Crippen LogP contribution in [0.2, 0.25) is 0 Å². The Morgan fingerprint density at radius 2 is 2.28 bits per heavy atom. The molecule has 1 aliphatic rings. The maximum Gasteiger partial charge on any atom is 0.335 e.